The van der Waals surface area contributed by atoms with Crippen LogP contribution in [0, 0.1) is 5.92 Å². The molecule has 0 aromatic heterocycles. The van der Waals surface area contributed by atoms with E-state index in [2.05, 4.69) is 10.1 Å². The predicted octanol–water partition coefficient (Wildman–Crippen LogP) is 2.88. The van der Waals surface area contributed by atoms with E-state index in [1.165, 1.54) is 58.0 Å². The first-order chi connectivity index (χ1) is 7.90. The molecule has 0 amide bonds. The van der Waals surface area contributed by atoms with Crippen LogP contribution in [0.5, 0.6) is 0 Å². The van der Waals surface area contributed by atoms with Crippen molar-refractivity contribution in [1.29, 1.82) is 0 Å². The Morgan fingerprint density at radius 3 is 2.56 bits per heavy atom. The molecule has 1 N–H and O–H groups in total. The van der Waals surface area contributed by atoms with Gasteiger partial charge in [-0.15, -0.1) is 0 Å². The summed E-state index contributed by atoms with van der Waals surface area (Å²) < 4.78 is 0. The second-order valence-corrected chi connectivity index (χ2v) is 5.25. The number of rotatable bonds is 2. The molecule has 0 aromatic carbocycles. The topological polar surface area (TPSA) is 35.8 Å². The van der Waals surface area contributed by atoms with E-state index in [1.54, 1.807) is 0 Å². The summed E-state index contributed by atoms with van der Waals surface area (Å²) in [4.78, 5) is 2.56. The summed E-state index contributed by atoms with van der Waals surface area (Å²) in [5.74, 6) is 0.519. The smallest absolute Gasteiger partial charge is 0.0614 e. The van der Waals surface area contributed by atoms with E-state index >= 15 is 0 Å². The molecule has 3 heteroatoms. The lowest BCUT2D eigenvalue weighted by Gasteiger charge is -2.30. The number of piperidine rings is 1. The molecule has 1 saturated carbocycles. The highest BCUT2D eigenvalue weighted by molar-refractivity contribution is 5.86. The Hall–Kier alpha value is -0.570. The van der Waals surface area contributed by atoms with Gasteiger partial charge >= 0.3 is 0 Å². The second kappa shape index (κ2) is 6.24. The Morgan fingerprint density at radius 1 is 1.06 bits per heavy atom. The van der Waals surface area contributed by atoms with Gasteiger partial charge in [-0.2, -0.15) is 0 Å². The van der Waals surface area contributed by atoms with E-state index in [0.717, 1.165) is 18.7 Å². The highest BCUT2D eigenvalue weighted by Gasteiger charge is 2.22. The molecule has 1 aliphatic carbocycles. The van der Waals surface area contributed by atoms with Crippen LogP contribution < -0.4 is 0 Å². The average Bonchev–Trinajstić information content (AvgIpc) is 2.55. The predicted molar refractivity (Wildman–Crippen MR) is 66.1 cm³/mol. The summed E-state index contributed by atoms with van der Waals surface area (Å²) in [5, 5.41) is 12.6. The van der Waals surface area contributed by atoms with Crippen LogP contribution in [-0.4, -0.2) is 35.5 Å². The normalized spacial score (nSPS) is 31.5. The Labute approximate surface area is 98.5 Å². The molecule has 0 bridgehead atoms. The maximum atomic E-state index is 9.09. The van der Waals surface area contributed by atoms with Crippen LogP contribution >= 0.6 is 0 Å². The van der Waals surface area contributed by atoms with Crippen molar-refractivity contribution < 1.29 is 5.21 Å². The molecule has 0 spiro atoms. The summed E-state index contributed by atoms with van der Waals surface area (Å²) in [5.41, 5.74) is 1.06. The number of hydrogen-bond donors (Lipinski definition) is 1. The maximum Gasteiger partial charge on any atom is 0.0614 e. The zero-order chi connectivity index (χ0) is 11.2. The van der Waals surface area contributed by atoms with Crippen LogP contribution in [0.3, 0.4) is 0 Å². The van der Waals surface area contributed by atoms with Crippen molar-refractivity contribution in [3.63, 3.8) is 0 Å². The molecule has 1 aliphatic heterocycles. The van der Waals surface area contributed by atoms with Crippen molar-refractivity contribution in [2.75, 3.05) is 19.6 Å². The van der Waals surface area contributed by atoms with E-state index in [1.807, 2.05) is 0 Å². The minimum absolute atomic E-state index is 0.519. The number of nitrogens with zero attached hydrogens (tertiary/aromatic N) is 2. The Balaban J connectivity index is 1.89. The maximum absolute atomic E-state index is 9.09. The molecule has 1 heterocycles. The van der Waals surface area contributed by atoms with Crippen molar-refractivity contribution in [2.45, 2.75) is 51.4 Å². The number of likely N-dealkylation sites (tertiary alicyclic amines) is 1. The molecule has 2 fully saturated rings. The average molecular weight is 224 g/mol. The quantitative estimate of drug-likeness (QED) is 0.445. The molecule has 2 aliphatic rings. The summed E-state index contributed by atoms with van der Waals surface area (Å²) in [6.45, 7) is 3.61. The van der Waals surface area contributed by atoms with E-state index < -0.39 is 0 Å². The molecule has 1 saturated heterocycles. The van der Waals surface area contributed by atoms with E-state index in [0.29, 0.717) is 5.92 Å². The lowest BCUT2D eigenvalue weighted by Crippen LogP contribution is -2.36. The van der Waals surface area contributed by atoms with E-state index in [4.69, 9.17) is 5.21 Å². The van der Waals surface area contributed by atoms with Gasteiger partial charge in [0, 0.05) is 12.5 Å². The minimum Gasteiger partial charge on any atom is -0.411 e. The Kier molecular flexibility index (Phi) is 4.64. The molecular formula is C13H24N2O. The van der Waals surface area contributed by atoms with Crippen molar-refractivity contribution in [1.82, 2.24) is 4.90 Å². The largest absolute Gasteiger partial charge is 0.411 e. The first kappa shape index (κ1) is 11.9. The Bertz CT molecular complexity index is 234. The van der Waals surface area contributed by atoms with Gasteiger partial charge < -0.3 is 10.1 Å². The van der Waals surface area contributed by atoms with Crippen LogP contribution in [0.25, 0.3) is 0 Å². The first-order valence-electron chi connectivity index (χ1n) is 6.83. The minimum atomic E-state index is 0.519. The first-order valence-corrected chi connectivity index (χ1v) is 6.83. The van der Waals surface area contributed by atoms with E-state index in [9.17, 15) is 0 Å². The third kappa shape index (κ3) is 3.21. The monoisotopic (exact) mass is 224 g/mol. The van der Waals surface area contributed by atoms with Crippen LogP contribution in [-0.2, 0) is 0 Å². The highest BCUT2D eigenvalue weighted by Crippen LogP contribution is 2.23. The van der Waals surface area contributed by atoms with E-state index in [-0.39, 0.29) is 0 Å². The number of hydrogen-bond acceptors (Lipinski definition) is 3. The standard InChI is InChI=1S/C13H24N2O/c16-14-13-8-4-1-3-7-12(13)11-15-9-5-2-6-10-15/h12,16H,1-11H2. The van der Waals surface area contributed by atoms with Gasteiger partial charge in [-0.25, -0.2) is 0 Å². The molecule has 92 valence electrons. The fourth-order valence-electron chi connectivity index (χ4n) is 3.03. The summed E-state index contributed by atoms with van der Waals surface area (Å²) in [6, 6.07) is 0. The third-order valence-corrected chi connectivity index (χ3v) is 4.01. The van der Waals surface area contributed by atoms with Crippen molar-refractivity contribution >= 4 is 5.71 Å². The Morgan fingerprint density at radius 2 is 1.81 bits per heavy atom. The summed E-state index contributed by atoms with van der Waals surface area (Å²) in [6.07, 6.45) is 10.1. The molecule has 1 atom stereocenters. The third-order valence-electron chi connectivity index (χ3n) is 4.01. The lowest BCUT2D eigenvalue weighted by atomic mass is 9.96. The molecule has 0 radical (unpaired) electrons. The molecule has 3 nitrogen and oxygen atoms in total. The van der Waals surface area contributed by atoms with Gasteiger partial charge in [0.05, 0.1) is 5.71 Å². The second-order valence-electron chi connectivity index (χ2n) is 5.25. The summed E-state index contributed by atoms with van der Waals surface area (Å²) >= 11 is 0. The van der Waals surface area contributed by atoms with Crippen LogP contribution in [0.2, 0.25) is 0 Å². The van der Waals surface area contributed by atoms with Crippen LogP contribution in [0.4, 0.5) is 0 Å². The zero-order valence-electron chi connectivity index (χ0n) is 10.2. The fraction of sp³-hybridized carbons (Fsp3) is 0.923. The number of oxime groups is 1. The van der Waals surface area contributed by atoms with Crippen molar-refractivity contribution in [3.8, 4) is 0 Å². The molecule has 0 aromatic rings. The van der Waals surface area contributed by atoms with Crippen LogP contribution in [0.1, 0.15) is 51.4 Å². The van der Waals surface area contributed by atoms with Gasteiger partial charge in [-0.05, 0) is 45.2 Å². The molecule has 1 unspecified atom stereocenters. The van der Waals surface area contributed by atoms with Gasteiger partial charge in [0.25, 0.3) is 0 Å². The van der Waals surface area contributed by atoms with Crippen molar-refractivity contribution in [3.05, 3.63) is 0 Å². The van der Waals surface area contributed by atoms with Gasteiger partial charge in [0.1, 0.15) is 0 Å². The SMILES string of the molecule is ON=C1CCCCCC1CN1CCCCC1. The molecular weight excluding hydrogens is 200 g/mol. The van der Waals surface area contributed by atoms with Crippen molar-refractivity contribution in [2.24, 2.45) is 11.1 Å². The van der Waals surface area contributed by atoms with Gasteiger partial charge in [-0.1, -0.05) is 24.4 Å². The van der Waals surface area contributed by atoms with Gasteiger partial charge in [0.2, 0.25) is 0 Å². The summed E-state index contributed by atoms with van der Waals surface area (Å²) in [7, 11) is 0. The molecule has 16 heavy (non-hydrogen) atoms. The molecule has 2 rings (SSSR count). The zero-order valence-corrected chi connectivity index (χ0v) is 10.2. The lowest BCUT2D eigenvalue weighted by molar-refractivity contribution is 0.207. The van der Waals surface area contributed by atoms with Gasteiger partial charge in [0.15, 0.2) is 0 Å². The highest BCUT2D eigenvalue weighted by atomic mass is 16.4. The fourth-order valence-corrected chi connectivity index (χ4v) is 3.03. The van der Waals surface area contributed by atoms with Crippen LogP contribution in [0.15, 0.2) is 5.16 Å². The van der Waals surface area contributed by atoms with Gasteiger partial charge in [-0.3, -0.25) is 0 Å².